The topological polar surface area (TPSA) is 32.3 Å². The fourth-order valence-electron chi connectivity index (χ4n) is 3.19. The highest BCUT2D eigenvalue weighted by atomic mass is 35.5. The Balaban J connectivity index is 0.00000242. The predicted octanol–water partition coefficient (Wildman–Crippen LogP) is 4.24. The van der Waals surface area contributed by atoms with Crippen LogP contribution >= 0.6 is 12.4 Å². The number of likely N-dealkylation sites (tertiary alicyclic amines) is 1. The lowest BCUT2D eigenvalue weighted by molar-refractivity contribution is -0.122. The summed E-state index contributed by atoms with van der Waals surface area (Å²) in [5, 5.41) is 3.20. The van der Waals surface area contributed by atoms with Gasteiger partial charge in [0.05, 0.1) is 6.04 Å². The number of halogens is 1. The lowest BCUT2D eigenvalue weighted by atomic mass is 9.99. The maximum atomic E-state index is 12.7. The second kappa shape index (κ2) is 8.54. The summed E-state index contributed by atoms with van der Waals surface area (Å²) in [5.41, 5.74) is 4.55. The summed E-state index contributed by atoms with van der Waals surface area (Å²) in [6, 6.07) is 4.24. The number of piperidine rings is 1. The quantitative estimate of drug-likeness (QED) is 0.898. The minimum Gasteiger partial charge on any atom is -0.324 e. The van der Waals surface area contributed by atoms with Crippen LogP contribution in [0.4, 0.5) is 5.69 Å². The molecule has 1 amide bonds. The van der Waals surface area contributed by atoms with Crippen LogP contribution < -0.4 is 5.32 Å². The molecule has 0 spiro atoms. The molecule has 0 aliphatic carbocycles. The van der Waals surface area contributed by atoms with Crippen molar-refractivity contribution >= 4 is 24.0 Å². The van der Waals surface area contributed by atoms with Gasteiger partial charge in [-0.25, -0.2) is 0 Å². The Labute approximate surface area is 140 Å². The van der Waals surface area contributed by atoms with Gasteiger partial charge in [0, 0.05) is 5.69 Å². The van der Waals surface area contributed by atoms with Gasteiger partial charge in [-0.05, 0) is 69.8 Å². The molecule has 124 valence electrons. The first kappa shape index (κ1) is 19.0. The number of benzene rings is 1. The zero-order valence-corrected chi connectivity index (χ0v) is 15.1. The molecule has 1 saturated heterocycles. The van der Waals surface area contributed by atoms with E-state index in [1.165, 1.54) is 17.5 Å². The van der Waals surface area contributed by atoms with Crippen molar-refractivity contribution in [2.45, 2.75) is 59.4 Å². The second-order valence-electron chi connectivity index (χ2n) is 6.24. The van der Waals surface area contributed by atoms with E-state index >= 15 is 0 Å². The van der Waals surface area contributed by atoms with Gasteiger partial charge in [0.25, 0.3) is 0 Å². The molecule has 0 bridgehead atoms. The number of aryl methyl sites for hydroxylation is 2. The number of carbonyl (C=O) groups is 1. The highest BCUT2D eigenvalue weighted by molar-refractivity contribution is 5.96. The third kappa shape index (κ3) is 4.23. The van der Waals surface area contributed by atoms with Crippen molar-refractivity contribution in [2.24, 2.45) is 0 Å². The van der Waals surface area contributed by atoms with E-state index in [2.05, 4.69) is 50.0 Å². The van der Waals surface area contributed by atoms with Gasteiger partial charge >= 0.3 is 0 Å². The first-order valence-corrected chi connectivity index (χ1v) is 8.16. The number of amides is 1. The van der Waals surface area contributed by atoms with Gasteiger partial charge in [-0.3, -0.25) is 9.69 Å². The van der Waals surface area contributed by atoms with Crippen LogP contribution in [0.2, 0.25) is 0 Å². The summed E-state index contributed by atoms with van der Waals surface area (Å²) in [7, 11) is 0. The van der Waals surface area contributed by atoms with Gasteiger partial charge < -0.3 is 5.32 Å². The van der Waals surface area contributed by atoms with Gasteiger partial charge in [-0.2, -0.15) is 0 Å². The SMILES string of the molecule is CCCN1CCCCC1C(=O)Nc1c(C)ccc(C)c1C.Cl. The van der Waals surface area contributed by atoms with Crippen molar-refractivity contribution in [1.82, 2.24) is 4.90 Å². The fourth-order valence-corrected chi connectivity index (χ4v) is 3.19. The Hall–Kier alpha value is -1.06. The summed E-state index contributed by atoms with van der Waals surface area (Å²) in [4.78, 5) is 15.1. The van der Waals surface area contributed by atoms with Gasteiger partial charge in [0.15, 0.2) is 0 Å². The largest absolute Gasteiger partial charge is 0.324 e. The van der Waals surface area contributed by atoms with E-state index < -0.39 is 0 Å². The van der Waals surface area contributed by atoms with Crippen LogP contribution in [-0.2, 0) is 4.79 Å². The van der Waals surface area contributed by atoms with Crippen LogP contribution in [-0.4, -0.2) is 29.9 Å². The Morgan fingerprint density at radius 1 is 1.23 bits per heavy atom. The summed E-state index contributed by atoms with van der Waals surface area (Å²) in [5.74, 6) is 0.167. The maximum Gasteiger partial charge on any atom is 0.241 e. The predicted molar refractivity (Wildman–Crippen MR) is 96.0 cm³/mol. The second-order valence-corrected chi connectivity index (χ2v) is 6.24. The van der Waals surface area contributed by atoms with Crippen molar-refractivity contribution in [1.29, 1.82) is 0 Å². The number of hydrogen-bond acceptors (Lipinski definition) is 2. The van der Waals surface area contributed by atoms with Crippen LogP contribution in [0.25, 0.3) is 0 Å². The molecule has 1 unspecified atom stereocenters. The molecule has 1 aliphatic rings. The molecule has 22 heavy (non-hydrogen) atoms. The average molecular weight is 325 g/mol. The lowest BCUT2D eigenvalue weighted by Crippen LogP contribution is -2.47. The third-order valence-corrected chi connectivity index (χ3v) is 4.62. The van der Waals surface area contributed by atoms with E-state index in [1.807, 2.05) is 0 Å². The van der Waals surface area contributed by atoms with E-state index in [4.69, 9.17) is 0 Å². The molecule has 1 N–H and O–H groups in total. The molecular weight excluding hydrogens is 296 g/mol. The van der Waals surface area contributed by atoms with E-state index in [0.717, 1.165) is 43.6 Å². The van der Waals surface area contributed by atoms with Gasteiger partial charge in [0.2, 0.25) is 5.91 Å². The van der Waals surface area contributed by atoms with Crippen molar-refractivity contribution in [3.63, 3.8) is 0 Å². The van der Waals surface area contributed by atoms with Gasteiger partial charge in [-0.1, -0.05) is 25.5 Å². The minimum absolute atomic E-state index is 0. The molecule has 1 fully saturated rings. The Morgan fingerprint density at radius 2 is 1.91 bits per heavy atom. The molecule has 1 aromatic rings. The summed E-state index contributed by atoms with van der Waals surface area (Å²) >= 11 is 0. The zero-order chi connectivity index (χ0) is 15.4. The summed E-state index contributed by atoms with van der Waals surface area (Å²) < 4.78 is 0. The highest BCUT2D eigenvalue weighted by Crippen LogP contribution is 2.25. The maximum absolute atomic E-state index is 12.7. The lowest BCUT2D eigenvalue weighted by Gasteiger charge is -2.34. The number of nitrogens with one attached hydrogen (secondary N) is 1. The minimum atomic E-state index is 0. The van der Waals surface area contributed by atoms with Crippen LogP contribution in [0.5, 0.6) is 0 Å². The van der Waals surface area contributed by atoms with Crippen LogP contribution in [0.1, 0.15) is 49.3 Å². The first-order chi connectivity index (χ1) is 10.0. The zero-order valence-electron chi connectivity index (χ0n) is 14.2. The standard InChI is InChI=1S/C18H28N2O.ClH/c1-5-11-20-12-7-6-8-16(20)18(21)19-17-14(3)10-9-13(2)15(17)4;/h9-10,16H,5-8,11-12H2,1-4H3,(H,19,21);1H. The number of carbonyl (C=O) groups excluding carboxylic acids is 1. The van der Waals surface area contributed by atoms with E-state index in [1.54, 1.807) is 0 Å². The van der Waals surface area contributed by atoms with E-state index in [0.29, 0.717) is 0 Å². The third-order valence-electron chi connectivity index (χ3n) is 4.62. The molecule has 1 aromatic carbocycles. The first-order valence-electron chi connectivity index (χ1n) is 8.16. The van der Waals surface area contributed by atoms with E-state index in [-0.39, 0.29) is 24.4 Å². The van der Waals surface area contributed by atoms with Crippen molar-refractivity contribution in [2.75, 3.05) is 18.4 Å². The molecule has 1 heterocycles. The Morgan fingerprint density at radius 3 is 2.59 bits per heavy atom. The number of anilines is 1. The molecule has 4 heteroatoms. The van der Waals surface area contributed by atoms with Gasteiger partial charge in [-0.15, -0.1) is 12.4 Å². The molecule has 0 saturated carbocycles. The monoisotopic (exact) mass is 324 g/mol. The number of nitrogens with zero attached hydrogens (tertiary/aromatic N) is 1. The average Bonchev–Trinajstić information content (AvgIpc) is 2.48. The fraction of sp³-hybridized carbons (Fsp3) is 0.611. The Kier molecular flexibility index (Phi) is 7.37. The molecule has 3 nitrogen and oxygen atoms in total. The summed E-state index contributed by atoms with van der Waals surface area (Å²) in [6.45, 7) is 10.5. The smallest absolute Gasteiger partial charge is 0.241 e. The van der Waals surface area contributed by atoms with Crippen LogP contribution in [0, 0.1) is 20.8 Å². The van der Waals surface area contributed by atoms with Gasteiger partial charge in [0.1, 0.15) is 0 Å². The summed E-state index contributed by atoms with van der Waals surface area (Å²) in [6.07, 6.45) is 4.46. The van der Waals surface area contributed by atoms with Crippen LogP contribution in [0.3, 0.4) is 0 Å². The normalized spacial score (nSPS) is 18.6. The van der Waals surface area contributed by atoms with E-state index in [9.17, 15) is 4.79 Å². The molecular formula is C18H29ClN2O. The highest BCUT2D eigenvalue weighted by Gasteiger charge is 2.28. The molecule has 2 rings (SSSR count). The molecule has 1 atom stereocenters. The van der Waals surface area contributed by atoms with Crippen molar-refractivity contribution in [3.05, 3.63) is 28.8 Å². The Bertz CT molecular complexity index is 514. The van der Waals surface area contributed by atoms with Crippen molar-refractivity contribution in [3.8, 4) is 0 Å². The van der Waals surface area contributed by atoms with Crippen molar-refractivity contribution < 1.29 is 4.79 Å². The molecule has 1 aliphatic heterocycles. The number of hydrogen-bond donors (Lipinski definition) is 1. The molecule has 0 aromatic heterocycles. The van der Waals surface area contributed by atoms with Crippen LogP contribution in [0.15, 0.2) is 12.1 Å². The number of rotatable bonds is 4. The molecule has 0 radical (unpaired) electrons.